The zero-order valence-electron chi connectivity index (χ0n) is 4.88. The van der Waals surface area contributed by atoms with Gasteiger partial charge in [0.1, 0.15) is 0 Å². The van der Waals surface area contributed by atoms with E-state index in [1.807, 2.05) is 14.1 Å². The molecule has 1 rings (SSSR count). The molecule has 0 aliphatic carbocycles. The summed E-state index contributed by atoms with van der Waals surface area (Å²) >= 11 is 4.89. The molecule has 0 fully saturated rings. The summed E-state index contributed by atoms with van der Waals surface area (Å²) < 4.78 is 0.565. The van der Waals surface area contributed by atoms with Crippen LogP contribution in [0.4, 0.5) is 0 Å². The molecule has 44 valence electrons. The van der Waals surface area contributed by atoms with Gasteiger partial charge in [0.05, 0.1) is 14.1 Å². The first kappa shape index (κ1) is 5.65. The fourth-order valence-electron chi connectivity index (χ4n) is 0.410. The van der Waals surface area contributed by atoms with Crippen LogP contribution in [0.25, 0.3) is 0 Å². The van der Waals surface area contributed by atoms with Crippen molar-refractivity contribution < 1.29 is 4.48 Å². The number of nitrogens with one attached hydrogen (secondary N) is 1. The van der Waals surface area contributed by atoms with E-state index in [0.29, 0.717) is 4.48 Å². The summed E-state index contributed by atoms with van der Waals surface area (Å²) in [5, 5.41) is 4.51. The van der Waals surface area contributed by atoms with Crippen molar-refractivity contribution in [3.05, 3.63) is 0 Å². The van der Waals surface area contributed by atoms with E-state index >= 15 is 0 Å². The van der Waals surface area contributed by atoms with E-state index in [-0.39, 0.29) is 0 Å². The Morgan fingerprint density at radius 1 is 1.75 bits per heavy atom. The molecular formula is C4H8N3S+. The van der Waals surface area contributed by atoms with Crippen molar-refractivity contribution in [1.82, 2.24) is 5.43 Å². The van der Waals surface area contributed by atoms with Crippen LogP contribution in [0.15, 0.2) is 5.10 Å². The Morgan fingerprint density at radius 3 is 2.50 bits per heavy atom. The number of hydrogen-bond donors (Lipinski definition) is 1. The molecule has 0 radical (unpaired) electrons. The van der Waals surface area contributed by atoms with E-state index in [2.05, 4.69) is 10.5 Å². The van der Waals surface area contributed by atoms with Crippen molar-refractivity contribution in [2.24, 2.45) is 5.10 Å². The minimum atomic E-state index is 0.565. The first-order valence-electron chi connectivity index (χ1n) is 2.31. The van der Waals surface area contributed by atoms with E-state index in [0.717, 1.165) is 5.11 Å². The van der Waals surface area contributed by atoms with Crippen LogP contribution in [-0.2, 0) is 0 Å². The molecule has 0 atom stereocenters. The molecule has 3 nitrogen and oxygen atoms in total. The highest BCUT2D eigenvalue weighted by molar-refractivity contribution is 7.80. The summed E-state index contributed by atoms with van der Waals surface area (Å²) in [6.07, 6.45) is 1.75. The molecule has 0 aromatic heterocycles. The van der Waals surface area contributed by atoms with Gasteiger partial charge in [-0.3, -0.25) is 0 Å². The zero-order chi connectivity index (χ0) is 6.20. The Morgan fingerprint density at radius 2 is 2.38 bits per heavy atom. The molecule has 0 saturated carbocycles. The molecule has 0 unspecified atom stereocenters. The number of hydrazone groups is 1. The maximum atomic E-state index is 4.89. The maximum Gasteiger partial charge on any atom is 0.296 e. The lowest BCUT2D eigenvalue weighted by molar-refractivity contribution is -0.687. The van der Waals surface area contributed by atoms with Gasteiger partial charge in [0.2, 0.25) is 6.34 Å². The average molecular weight is 130 g/mol. The molecule has 0 bridgehead atoms. The number of nitrogens with zero attached hydrogens (tertiary/aromatic N) is 2. The predicted octanol–water partition coefficient (Wildman–Crippen LogP) is -0.106. The standard InChI is InChI=1S/C4H7N3S/c1-7(2)3-5-6-4(7)8/h3H,1-2H3/p+1. The summed E-state index contributed by atoms with van der Waals surface area (Å²) in [7, 11) is 3.93. The summed E-state index contributed by atoms with van der Waals surface area (Å²) in [6, 6.07) is 0. The van der Waals surface area contributed by atoms with Gasteiger partial charge in [-0.25, -0.2) is 9.91 Å². The van der Waals surface area contributed by atoms with Gasteiger partial charge in [0.15, 0.2) is 0 Å². The largest absolute Gasteiger partial charge is 0.296 e. The fourth-order valence-corrected chi connectivity index (χ4v) is 0.510. The summed E-state index contributed by atoms with van der Waals surface area (Å²) in [5.74, 6) is 0. The molecule has 0 aromatic carbocycles. The quantitative estimate of drug-likeness (QED) is 0.365. The number of rotatable bonds is 0. The lowest BCUT2D eigenvalue weighted by atomic mass is 10.7. The van der Waals surface area contributed by atoms with Gasteiger partial charge in [0.25, 0.3) is 5.11 Å². The van der Waals surface area contributed by atoms with Gasteiger partial charge in [-0.15, -0.1) is 5.10 Å². The molecule has 0 spiro atoms. The van der Waals surface area contributed by atoms with Crippen molar-refractivity contribution in [2.75, 3.05) is 14.1 Å². The predicted molar refractivity (Wildman–Crippen MR) is 36.3 cm³/mol. The third kappa shape index (κ3) is 0.719. The molecule has 1 N–H and O–H groups in total. The number of thiocarbonyl (C=S) groups is 1. The van der Waals surface area contributed by atoms with E-state index in [1.165, 1.54) is 0 Å². The SMILES string of the molecule is C[N+]1(C)C=NNC1=S. The maximum absolute atomic E-state index is 4.89. The first-order valence-corrected chi connectivity index (χ1v) is 2.72. The number of quaternary nitrogens is 1. The molecule has 8 heavy (non-hydrogen) atoms. The smallest absolute Gasteiger partial charge is 0.227 e. The van der Waals surface area contributed by atoms with Gasteiger partial charge in [0, 0.05) is 12.2 Å². The molecule has 0 aromatic rings. The zero-order valence-corrected chi connectivity index (χ0v) is 5.70. The van der Waals surface area contributed by atoms with Crippen LogP contribution in [-0.4, -0.2) is 30.0 Å². The van der Waals surface area contributed by atoms with Crippen LogP contribution >= 0.6 is 12.2 Å². The lowest BCUT2D eigenvalue weighted by Gasteiger charge is -2.14. The Kier molecular flexibility index (Phi) is 1.06. The second-order valence-electron chi connectivity index (χ2n) is 2.20. The van der Waals surface area contributed by atoms with Crippen molar-refractivity contribution in [2.45, 2.75) is 0 Å². The molecule has 0 amide bonds. The monoisotopic (exact) mass is 130 g/mol. The summed E-state index contributed by atoms with van der Waals surface area (Å²) in [6.45, 7) is 0. The van der Waals surface area contributed by atoms with Crippen LogP contribution in [0.5, 0.6) is 0 Å². The van der Waals surface area contributed by atoms with Gasteiger partial charge < -0.3 is 0 Å². The highest BCUT2D eigenvalue weighted by atomic mass is 32.1. The fraction of sp³-hybridized carbons (Fsp3) is 0.500. The Labute approximate surface area is 53.6 Å². The van der Waals surface area contributed by atoms with E-state index in [9.17, 15) is 0 Å². The molecule has 4 heteroatoms. The third-order valence-electron chi connectivity index (χ3n) is 1.03. The van der Waals surface area contributed by atoms with Crippen molar-refractivity contribution in [1.29, 1.82) is 0 Å². The van der Waals surface area contributed by atoms with Gasteiger partial charge in [-0.1, -0.05) is 0 Å². The second-order valence-corrected chi connectivity index (χ2v) is 2.59. The Bertz CT molecular complexity index is 149. The van der Waals surface area contributed by atoms with Crippen LogP contribution in [0.1, 0.15) is 0 Å². The minimum Gasteiger partial charge on any atom is -0.227 e. The normalized spacial score (nSPS) is 23.5. The van der Waals surface area contributed by atoms with Gasteiger partial charge in [-0.2, -0.15) is 0 Å². The molecule has 1 aliphatic rings. The van der Waals surface area contributed by atoms with Crippen LogP contribution in [0.2, 0.25) is 0 Å². The lowest BCUT2D eigenvalue weighted by Crippen LogP contribution is -2.42. The Balaban J connectivity index is 2.82. The van der Waals surface area contributed by atoms with Crippen LogP contribution in [0.3, 0.4) is 0 Å². The first-order chi connectivity index (χ1) is 3.63. The van der Waals surface area contributed by atoms with Crippen LogP contribution in [0, 0.1) is 0 Å². The van der Waals surface area contributed by atoms with Crippen molar-refractivity contribution in [3.8, 4) is 0 Å². The van der Waals surface area contributed by atoms with E-state index < -0.39 is 0 Å². The highest BCUT2D eigenvalue weighted by Crippen LogP contribution is 1.98. The van der Waals surface area contributed by atoms with E-state index in [1.54, 1.807) is 6.34 Å². The highest BCUT2D eigenvalue weighted by Gasteiger charge is 2.24. The van der Waals surface area contributed by atoms with E-state index in [4.69, 9.17) is 12.2 Å². The molecule has 1 heterocycles. The second kappa shape index (κ2) is 1.50. The van der Waals surface area contributed by atoms with Crippen molar-refractivity contribution in [3.63, 3.8) is 0 Å². The van der Waals surface area contributed by atoms with Crippen LogP contribution < -0.4 is 5.43 Å². The Hall–Kier alpha value is -0.480. The molecular weight excluding hydrogens is 122 g/mol. The average Bonchev–Trinajstić information content (AvgIpc) is 1.86. The summed E-state index contributed by atoms with van der Waals surface area (Å²) in [5.41, 5.74) is 2.68. The van der Waals surface area contributed by atoms with Crippen molar-refractivity contribution >= 4 is 23.7 Å². The number of hydrogen-bond acceptors (Lipinski definition) is 2. The molecule has 0 saturated heterocycles. The van der Waals surface area contributed by atoms with Gasteiger partial charge >= 0.3 is 0 Å². The summed E-state index contributed by atoms with van der Waals surface area (Å²) in [4.78, 5) is 0. The van der Waals surface area contributed by atoms with Gasteiger partial charge in [-0.05, 0) is 0 Å². The third-order valence-corrected chi connectivity index (χ3v) is 1.59. The topological polar surface area (TPSA) is 24.4 Å². The minimum absolute atomic E-state index is 0.565. The molecule has 1 aliphatic heterocycles.